The largest absolute Gasteiger partial charge is 0.451 e. The number of carbonyl (C=O) groups is 1. The maximum absolute atomic E-state index is 12.6. The zero-order valence-electron chi connectivity index (χ0n) is 16.4. The lowest BCUT2D eigenvalue weighted by molar-refractivity contribution is 0.0513. The highest BCUT2D eigenvalue weighted by Gasteiger charge is 2.29. The number of likely N-dealkylation sites (tertiary alicyclic amines) is 1. The van der Waals surface area contributed by atoms with E-state index in [4.69, 9.17) is 4.42 Å². The third kappa shape index (κ3) is 4.72. The number of nitrogens with one attached hydrogen (secondary N) is 1. The van der Waals surface area contributed by atoms with E-state index in [1.165, 1.54) is 0 Å². The SMILES string of the molecule is O=C(N[C@H]1C[C@@H](O)CN(CCS(=O)(=O)c2ccccc2)C1)c1cc2ccccc2o1. The molecule has 1 amide bonds. The molecule has 4 rings (SSSR count). The van der Waals surface area contributed by atoms with Gasteiger partial charge in [-0.3, -0.25) is 9.69 Å². The molecule has 2 atom stereocenters. The Morgan fingerprint density at radius 1 is 1.10 bits per heavy atom. The number of amides is 1. The Morgan fingerprint density at radius 2 is 1.83 bits per heavy atom. The summed E-state index contributed by atoms with van der Waals surface area (Å²) in [5, 5.41) is 14.0. The fraction of sp³-hybridized carbons (Fsp3) is 0.318. The number of fused-ring (bicyclic) bond motifs is 1. The molecule has 30 heavy (non-hydrogen) atoms. The zero-order valence-corrected chi connectivity index (χ0v) is 17.2. The summed E-state index contributed by atoms with van der Waals surface area (Å²) < 4.78 is 30.6. The quantitative estimate of drug-likeness (QED) is 0.624. The second kappa shape index (κ2) is 8.59. The van der Waals surface area contributed by atoms with Crippen molar-refractivity contribution in [1.29, 1.82) is 0 Å². The molecule has 0 bridgehead atoms. The molecule has 2 N–H and O–H groups in total. The Hall–Kier alpha value is -2.68. The molecule has 1 aromatic heterocycles. The van der Waals surface area contributed by atoms with Gasteiger partial charge in [0.05, 0.1) is 16.8 Å². The first-order valence-electron chi connectivity index (χ1n) is 9.88. The molecule has 158 valence electrons. The zero-order chi connectivity index (χ0) is 21.1. The van der Waals surface area contributed by atoms with E-state index in [1.807, 2.05) is 23.1 Å². The Morgan fingerprint density at radius 3 is 2.60 bits per heavy atom. The highest BCUT2D eigenvalue weighted by atomic mass is 32.2. The molecule has 0 aliphatic carbocycles. The molecule has 0 spiro atoms. The molecule has 2 aromatic carbocycles. The van der Waals surface area contributed by atoms with Crippen LogP contribution >= 0.6 is 0 Å². The number of hydrogen-bond acceptors (Lipinski definition) is 6. The molecule has 2 heterocycles. The standard InChI is InChI=1S/C22H24N2O5S/c25-18-13-17(23-22(26)21-12-16-6-4-5-9-20(16)29-21)14-24(15-18)10-11-30(27,28)19-7-2-1-3-8-19/h1-9,12,17-18,25H,10-11,13-15H2,(H,23,26)/t17-,18+/m0/s1. The van der Waals surface area contributed by atoms with E-state index in [1.54, 1.807) is 42.5 Å². The van der Waals surface area contributed by atoms with Gasteiger partial charge in [-0.25, -0.2) is 8.42 Å². The first-order chi connectivity index (χ1) is 14.4. The summed E-state index contributed by atoms with van der Waals surface area (Å²) in [5.74, 6) is -0.176. The number of β-amino-alcohol motifs (C(OH)–C–C–N with tert-alkyl or cyclic N) is 1. The topological polar surface area (TPSA) is 99.9 Å². The first-order valence-corrected chi connectivity index (χ1v) is 11.5. The third-order valence-electron chi connectivity index (χ3n) is 5.27. The number of benzene rings is 2. The summed E-state index contributed by atoms with van der Waals surface area (Å²) in [6, 6.07) is 17.1. The second-order valence-corrected chi connectivity index (χ2v) is 9.71. The molecule has 0 saturated carbocycles. The average molecular weight is 429 g/mol. The van der Waals surface area contributed by atoms with Crippen LogP contribution in [0.1, 0.15) is 17.0 Å². The van der Waals surface area contributed by atoms with Gasteiger partial charge in [0.2, 0.25) is 0 Å². The van der Waals surface area contributed by atoms with Crippen LogP contribution in [-0.4, -0.2) is 61.9 Å². The molecule has 3 aromatic rings. The fourth-order valence-corrected chi connectivity index (χ4v) is 5.10. The van der Waals surface area contributed by atoms with E-state index >= 15 is 0 Å². The van der Waals surface area contributed by atoms with E-state index < -0.39 is 15.9 Å². The van der Waals surface area contributed by atoms with Crippen LogP contribution in [0.4, 0.5) is 0 Å². The van der Waals surface area contributed by atoms with E-state index in [9.17, 15) is 18.3 Å². The highest BCUT2D eigenvalue weighted by Crippen LogP contribution is 2.20. The average Bonchev–Trinajstić information content (AvgIpc) is 3.17. The number of piperidine rings is 1. The Kier molecular flexibility index (Phi) is 5.90. The van der Waals surface area contributed by atoms with Gasteiger partial charge in [0, 0.05) is 31.1 Å². The molecule has 7 nitrogen and oxygen atoms in total. The molecule has 1 saturated heterocycles. The molecule has 1 fully saturated rings. The van der Waals surface area contributed by atoms with Crippen LogP contribution in [0, 0.1) is 0 Å². The van der Waals surface area contributed by atoms with E-state index in [-0.39, 0.29) is 34.9 Å². The summed E-state index contributed by atoms with van der Waals surface area (Å²) in [7, 11) is -3.40. The van der Waals surface area contributed by atoms with Crippen LogP contribution in [0.25, 0.3) is 11.0 Å². The smallest absolute Gasteiger partial charge is 0.287 e. The summed E-state index contributed by atoms with van der Waals surface area (Å²) in [6.07, 6.45) is -0.229. The molecule has 0 radical (unpaired) electrons. The predicted octanol–water partition coefficient (Wildman–Crippen LogP) is 2.07. The van der Waals surface area contributed by atoms with Gasteiger partial charge < -0.3 is 14.8 Å². The molecular weight excluding hydrogens is 404 g/mol. The van der Waals surface area contributed by atoms with Crippen molar-refractivity contribution in [3.8, 4) is 0 Å². The maximum Gasteiger partial charge on any atom is 0.287 e. The van der Waals surface area contributed by atoms with Crippen molar-refractivity contribution < 1.29 is 22.7 Å². The number of sulfone groups is 1. The summed E-state index contributed by atoms with van der Waals surface area (Å²) in [6.45, 7) is 1.12. The van der Waals surface area contributed by atoms with Crippen molar-refractivity contribution >= 4 is 26.7 Å². The van der Waals surface area contributed by atoms with Gasteiger partial charge in [0.1, 0.15) is 5.58 Å². The Balaban J connectivity index is 1.37. The molecule has 1 aliphatic rings. The number of furan rings is 1. The summed E-state index contributed by atoms with van der Waals surface area (Å²) in [4.78, 5) is 14.8. The molecule has 8 heteroatoms. The van der Waals surface area contributed by atoms with E-state index in [2.05, 4.69) is 5.32 Å². The first kappa shape index (κ1) is 20.6. The monoisotopic (exact) mass is 428 g/mol. The van der Waals surface area contributed by atoms with Crippen LogP contribution < -0.4 is 5.32 Å². The van der Waals surface area contributed by atoms with Crippen molar-refractivity contribution in [3.05, 3.63) is 66.4 Å². The van der Waals surface area contributed by atoms with Crippen molar-refractivity contribution in [3.63, 3.8) is 0 Å². The van der Waals surface area contributed by atoms with Crippen LogP contribution in [-0.2, 0) is 9.84 Å². The summed E-state index contributed by atoms with van der Waals surface area (Å²) >= 11 is 0. The lowest BCUT2D eigenvalue weighted by Gasteiger charge is -2.35. The van der Waals surface area contributed by atoms with Gasteiger partial charge in [-0.2, -0.15) is 0 Å². The highest BCUT2D eigenvalue weighted by molar-refractivity contribution is 7.91. The van der Waals surface area contributed by atoms with Gasteiger partial charge in [-0.05, 0) is 30.7 Å². The Labute approximate surface area is 175 Å². The van der Waals surface area contributed by atoms with Crippen molar-refractivity contribution in [2.75, 3.05) is 25.4 Å². The van der Waals surface area contributed by atoms with Crippen molar-refractivity contribution in [1.82, 2.24) is 10.2 Å². The lowest BCUT2D eigenvalue weighted by Crippen LogP contribution is -2.53. The lowest BCUT2D eigenvalue weighted by atomic mass is 10.0. The second-order valence-electron chi connectivity index (χ2n) is 7.60. The van der Waals surface area contributed by atoms with Crippen LogP contribution in [0.3, 0.4) is 0 Å². The minimum Gasteiger partial charge on any atom is -0.451 e. The van der Waals surface area contributed by atoms with Gasteiger partial charge in [-0.1, -0.05) is 36.4 Å². The maximum atomic E-state index is 12.6. The van der Waals surface area contributed by atoms with Gasteiger partial charge >= 0.3 is 0 Å². The van der Waals surface area contributed by atoms with Crippen LogP contribution in [0.5, 0.6) is 0 Å². The van der Waals surface area contributed by atoms with E-state index in [0.717, 1.165) is 5.39 Å². The van der Waals surface area contributed by atoms with Gasteiger partial charge in [0.15, 0.2) is 15.6 Å². The van der Waals surface area contributed by atoms with Crippen molar-refractivity contribution in [2.45, 2.75) is 23.5 Å². The Bertz CT molecular complexity index is 1090. The number of hydrogen-bond donors (Lipinski definition) is 2. The van der Waals surface area contributed by atoms with E-state index in [0.29, 0.717) is 25.1 Å². The van der Waals surface area contributed by atoms with Crippen LogP contribution in [0.15, 0.2) is 70.0 Å². The van der Waals surface area contributed by atoms with Crippen molar-refractivity contribution in [2.24, 2.45) is 0 Å². The number of nitrogens with zero attached hydrogens (tertiary/aromatic N) is 1. The number of aliphatic hydroxyl groups is 1. The third-order valence-corrected chi connectivity index (χ3v) is 6.98. The minimum atomic E-state index is -3.40. The minimum absolute atomic E-state index is 0.0476. The van der Waals surface area contributed by atoms with Crippen LogP contribution in [0.2, 0.25) is 0 Å². The number of para-hydroxylation sites is 1. The number of rotatable bonds is 6. The number of aliphatic hydroxyl groups excluding tert-OH is 1. The normalized spacial score (nSPS) is 20.3. The molecule has 0 unspecified atom stereocenters. The van der Waals surface area contributed by atoms with Gasteiger partial charge in [-0.15, -0.1) is 0 Å². The van der Waals surface area contributed by atoms with Gasteiger partial charge in [0.25, 0.3) is 5.91 Å². The molecular formula is C22H24N2O5S. The molecule has 1 aliphatic heterocycles. The number of carbonyl (C=O) groups excluding carboxylic acids is 1. The predicted molar refractivity (Wildman–Crippen MR) is 113 cm³/mol. The fourth-order valence-electron chi connectivity index (χ4n) is 3.79. The summed E-state index contributed by atoms with van der Waals surface area (Å²) in [5.41, 5.74) is 0.638.